The first kappa shape index (κ1) is 13.3. The minimum atomic E-state index is -0.667. The normalized spacial score (nSPS) is 17.5. The van der Waals surface area contributed by atoms with E-state index in [4.69, 9.17) is 4.42 Å². The van der Waals surface area contributed by atoms with E-state index in [9.17, 15) is 19.7 Å². The van der Waals surface area contributed by atoms with Crippen molar-refractivity contribution in [1.29, 1.82) is 0 Å². The zero-order chi connectivity index (χ0) is 14.0. The molecule has 1 aromatic rings. The SMILES string of the molecule is CCCN1C(=O)S/C(=C\c2ccc([N+](=O)[O-])o2)C1=O. The lowest BCUT2D eigenvalue weighted by Gasteiger charge is -2.09. The van der Waals surface area contributed by atoms with Gasteiger partial charge in [0, 0.05) is 12.6 Å². The molecule has 1 saturated heterocycles. The lowest BCUT2D eigenvalue weighted by atomic mass is 10.3. The summed E-state index contributed by atoms with van der Waals surface area (Å²) in [6.07, 6.45) is 2.02. The quantitative estimate of drug-likeness (QED) is 0.478. The van der Waals surface area contributed by atoms with Crippen LogP contribution >= 0.6 is 11.8 Å². The van der Waals surface area contributed by atoms with Gasteiger partial charge in [-0.25, -0.2) is 0 Å². The monoisotopic (exact) mass is 282 g/mol. The molecule has 8 heteroatoms. The van der Waals surface area contributed by atoms with Crippen molar-refractivity contribution in [2.75, 3.05) is 6.54 Å². The Hall–Kier alpha value is -2.09. The Bertz CT molecular complexity index is 577. The summed E-state index contributed by atoms with van der Waals surface area (Å²) in [5, 5.41) is 10.1. The molecule has 0 aromatic carbocycles. The third kappa shape index (κ3) is 2.68. The number of hydrogen-bond donors (Lipinski definition) is 0. The molecule has 0 saturated carbocycles. The molecule has 1 fully saturated rings. The molecule has 1 aliphatic rings. The molecule has 0 aliphatic carbocycles. The molecule has 0 bridgehead atoms. The summed E-state index contributed by atoms with van der Waals surface area (Å²) < 4.78 is 4.91. The summed E-state index contributed by atoms with van der Waals surface area (Å²) >= 11 is 0.803. The number of imide groups is 1. The van der Waals surface area contributed by atoms with Gasteiger partial charge in [0.1, 0.15) is 10.7 Å². The van der Waals surface area contributed by atoms with Crippen molar-refractivity contribution in [3.05, 3.63) is 32.9 Å². The molecular formula is C11H10N2O5S. The highest BCUT2D eigenvalue weighted by atomic mass is 32.2. The molecule has 7 nitrogen and oxygen atoms in total. The fourth-order valence-electron chi connectivity index (χ4n) is 1.56. The molecule has 0 spiro atoms. The van der Waals surface area contributed by atoms with Crippen LogP contribution in [0.15, 0.2) is 21.5 Å². The molecule has 0 unspecified atom stereocenters. The third-order valence-electron chi connectivity index (χ3n) is 2.39. The minimum Gasteiger partial charge on any atom is -0.401 e. The molecule has 2 rings (SSSR count). The van der Waals surface area contributed by atoms with Gasteiger partial charge in [-0.3, -0.25) is 24.6 Å². The maximum atomic E-state index is 11.9. The van der Waals surface area contributed by atoms with Gasteiger partial charge in [-0.1, -0.05) is 6.92 Å². The van der Waals surface area contributed by atoms with Crippen LogP contribution in [0.5, 0.6) is 0 Å². The van der Waals surface area contributed by atoms with Gasteiger partial charge in [0.15, 0.2) is 0 Å². The van der Waals surface area contributed by atoms with E-state index < -0.39 is 16.7 Å². The second-order valence-corrected chi connectivity index (χ2v) is 4.76. The Morgan fingerprint density at radius 3 is 2.79 bits per heavy atom. The van der Waals surface area contributed by atoms with Crippen molar-refractivity contribution in [2.45, 2.75) is 13.3 Å². The Labute approximate surface area is 112 Å². The van der Waals surface area contributed by atoms with Crippen LogP contribution in [0.4, 0.5) is 10.7 Å². The minimum absolute atomic E-state index is 0.175. The molecular weight excluding hydrogens is 272 g/mol. The summed E-state index contributed by atoms with van der Waals surface area (Å²) in [6.45, 7) is 2.23. The number of carbonyl (C=O) groups excluding carboxylic acids is 2. The number of carbonyl (C=O) groups is 2. The molecule has 0 radical (unpaired) electrons. The van der Waals surface area contributed by atoms with Crippen LogP contribution in [-0.4, -0.2) is 27.5 Å². The molecule has 0 atom stereocenters. The fourth-order valence-corrected chi connectivity index (χ4v) is 2.41. The smallest absolute Gasteiger partial charge is 0.401 e. The maximum Gasteiger partial charge on any atom is 0.433 e. The van der Waals surface area contributed by atoms with Gasteiger partial charge in [-0.05, 0) is 24.2 Å². The number of hydrogen-bond acceptors (Lipinski definition) is 6. The second-order valence-electron chi connectivity index (χ2n) is 3.77. The first-order chi connectivity index (χ1) is 9.02. The first-order valence-corrected chi connectivity index (χ1v) is 6.34. The van der Waals surface area contributed by atoms with Gasteiger partial charge in [0.2, 0.25) is 0 Å². The zero-order valence-electron chi connectivity index (χ0n) is 9.99. The fraction of sp³-hybridized carbons (Fsp3) is 0.273. The van der Waals surface area contributed by atoms with Crippen molar-refractivity contribution in [1.82, 2.24) is 4.90 Å². The molecule has 1 aliphatic heterocycles. The standard InChI is InChI=1S/C11H10N2O5S/c1-2-5-12-10(14)8(19-11(12)15)6-7-3-4-9(18-7)13(16)17/h3-4,6H,2,5H2,1H3/b8-6-. The van der Waals surface area contributed by atoms with Gasteiger partial charge >= 0.3 is 5.88 Å². The number of thioether (sulfide) groups is 1. The van der Waals surface area contributed by atoms with E-state index in [1.165, 1.54) is 18.2 Å². The van der Waals surface area contributed by atoms with Gasteiger partial charge in [-0.2, -0.15) is 0 Å². The van der Waals surface area contributed by atoms with Crippen molar-refractivity contribution in [3.63, 3.8) is 0 Å². The molecule has 1 aromatic heterocycles. The highest BCUT2D eigenvalue weighted by Crippen LogP contribution is 2.32. The lowest BCUT2D eigenvalue weighted by molar-refractivity contribution is -0.402. The number of furan rings is 1. The Balaban J connectivity index is 2.22. The van der Waals surface area contributed by atoms with E-state index >= 15 is 0 Å². The van der Waals surface area contributed by atoms with E-state index in [1.54, 1.807) is 0 Å². The Kier molecular flexibility index (Phi) is 3.70. The number of nitrogens with zero attached hydrogens (tertiary/aromatic N) is 2. The predicted molar refractivity (Wildman–Crippen MR) is 68.3 cm³/mol. The van der Waals surface area contributed by atoms with E-state index in [-0.39, 0.29) is 15.9 Å². The van der Waals surface area contributed by atoms with Crippen LogP contribution in [0.2, 0.25) is 0 Å². The van der Waals surface area contributed by atoms with Crippen LogP contribution in [0.3, 0.4) is 0 Å². The van der Waals surface area contributed by atoms with Gasteiger partial charge in [0.05, 0.1) is 11.0 Å². The lowest BCUT2D eigenvalue weighted by Crippen LogP contribution is -2.28. The third-order valence-corrected chi connectivity index (χ3v) is 3.29. The predicted octanol–water partition coefficient (Wildman–Crippen LogP) is 2.63. The summed E-state index contributed by atoms with van der Waals surface area (Å²) in [5.41, 5.74) is 0. The summed E-state index contributed by atoms with van der Waals surface area (Å²) in [7, 11) is 0. The van der Waals surface area contributed by atoms with Crippen LogP contribution in [0, 0.1) is 10.1 Å². The maximum absolute atomic E-state index is 11.9. The largest absolute Gasteiger partial charge is 0.433 e. The number of amides is 2. The second kappa shape index (κ2) is 5.27. The highest BCUT2D eigenvalue weighted by molar-refractivity contribution is 8.18. The summed E-state index contributed by atoms with van der Waals surface area (Å²) in [6, 6.07) is 2.58. The number of rotatable bonds is 4. The summed E-state index contributed by atoms with van der Waals surface area (Å²) in [4.78, 5) is 34.6. The average Bonchev–Trinajstić information content (AvgIpc) is 2.91. The number of nitro groups is 1. The Morgan fingerprint density at radius 1 is 1.47 bits per heavy atom. The molecule has 0 N–H and O–H groups in total. The first-order valence-electron chi connectivity index (χ1n) is 5.52. The molecule has 2 amide bonds. The van der Waals surface area contributed by atoms with Crippen molar-refractivity contribution >= 4 is 34.9 Å². The molecule has 2 heterocycles. The molecule has 100 valence electrons. The van der Waals surface area contributed by atoms with Crippen LogP contribution in [-0.2, 0) is 4.79 Å². The van der Waals surface area contributed by atoms with Crippen LogP contribution in [0.25, 0.3) is 6.08 Å². The summed E-state index contributed by atoms with van der Waals surface area (Å²) in [5.74, 6) is -0.622. The van der Waals surface area contributed by atoms with Crippen molar-refractivity contribution in [2.24, 2.45) is 0 Å². The van der Waals surface area contributed by atoms with Crippen LogP contribution < -0.4 is 0 Å². The highest BCUT2D eigenvalue weighted by Gasteiger charge is 2.34. The van der Waals surface area contributed by atoms with Gasteiger partial charge in [-0.15, -0.1) is 0 Å². The van der Waals surface area contributed by atoms with E-state index in [0.29, 0.717) is 13.0 Å². The molecule has 19 heavy (non-hydrogen) atoms. The van der Waals surface area contributed by atoms with Gasteiger partial charge < -0.3 is 4.42 Å². The van der Waals surface area contributed by atoms with Crippen LogP contribution in [0.1, 0.15) is 19.1 Å². The van der Waals surface area contributed by atoms with E-state index in [0.717, 1.165) is 16.7 Å². The van der Waals surface area contributed by atoms with E-state index in [1.807, 2.05) is 6.92 Å². The Morgan fingerprint density at radius 2 is 2.21 bits per heavy atom. The van der Waals surface area contributed by atoms with Crippen molar-refractivity contribution < 1.29 is 18.9 Å². The van der Waals surface area contributed by atoms with Gasteiger partial charge in [0.25, 0.3) is 11.1 Å². The van der Waals surface area contributed by atoms with Crippen molar-refractivity contribution in [3.8, 4) is 0 Å². The zero-order valence-corrected chi connectivity index (χ0v) is 10.8. The topological polar surface area (TPSA) is 93.7 Å². The average molecular weight is 282 g/mol. The van der Waals surface area contributed by atoms with E-state index in [2.05, 4.69) is 0 Å².